The van der Waals surface area contributed by atoms with Gasteiger partial charge in [-0.3, -0.25) is 4.90 Å². The largest absolute Gasteiger partial charge is 0.312 e. The standard InChI is InChI=1S/C16H24ClFN2/c1-11(2)16-10-20(12(3)6-7-19-16)9-13-4-5-14(17)8-15(13)18/h4-5,8,11-12,16,19H,6-7,9-10H2,1-3H3. The number of benzene rings is 1. The first kappa shape index (κ1) is 15.7. The van der Waals surface area contributed by atoms with Crippen LogP contribution in [0.5, 0.6) is 0 Å². The molecule has 20 heavy (non-hydrogen) atoms. The third-order valence-electron chi connectivity index (χ3n) is 4.22. The molecule has 1 heterocycles. The summed E-state index contributed by atoms with van der Waals surface area (Å²) < 4.78 is 14.0. The van der Waals surface area contributed by atoms with Crippen molar-refractivity contribution in [3.8, 4) is 0 Å². The maximum Gasteiger partial charge on any atom is 0.129 e. The molecule has 1 aliphatic rings. The first-order valence-corrected chi connectivity index (χ1v) is 7.76. The summed E-state index contributed by atoms with van der Waals surface area (Å²) in [6, 6.07) is 5.89. The van der Waals surface area contributed by atoms with Crippen LogP contribution in [-0.4, -0.2) is 30.1 Å². The van der Waals surface area contributed by atoms with Gasteiger partial charge >= 0.3 is 0 Å². The molecule has 0 saturated carbocycles. The van der Waals surface area contributed by atoms with E-state index in [0.717, 1.165) is 25.1 Å². The third-order valence-corrected chi connectivity index (χ3v) is 4.45. The molecule has 0 amide bonds. The lowest BCUT2D eigenvalue weighted by Gasteiger charge is -2.30. The molecule has 0 radical (unpaired) electrons. The maximum atomic E-state index is 14.0. The Kier molecular flexibility index (Phi) is 5.42. The number of nitrogens with zero attached hydrogens (tertiary/aromatic N) is 1. The van der Waals surface area contributed by atoms with Gasteiger partial charge in [0.2, 0.25) is 0 Å². The summed E-state index contributed by atoms with van der Waals surface area (Å²) in [4.78, 5) is 2.37. The Morgan fingerprint density at radius 3 is 2.85 bits per heavy atom. The van der Waals surface area contributed by atoms with E-state index in [2.05, 4.69) is 31.0 Å². The van der Waals surface area contributed by atoms with Crippen LogP contribution in [0.3, 0.4) is 0 Å². The molecule has 1 N–H and O–H groups in total. The van der Waals surface area contributed by atoms with E-state index in [1.165, 1.54) is 6.07 Å². The normalized spacial score (nSPS) is 24.9. The summed E-state index contributed by atoms with van der Waals surface area (Å²) >= 11 is 5.82. The highest BCUT2D eigenvalue weighted by molar-refractivity contribution is 6.30. The van der Waals surface area contributed by atoms with Crippen LogP contribution in [0.2, 0.25) is 5.02 Å². The molecule has 1 fully saturated rings. The molecule has 1 saturated heterocycles. The van der Waals surface area contributed by atoms with Crippen molar-refractivity contribution in [2.45, 2.75) is 45.8 Å². The minimum atomic E-state index is -0.206. The number of rotatable bonds is 3. The van der Waals surface area contributed by atoms with Crippen molar-refractivity contribution in [1.29, 1.82) is 0 Å². The zero-order chi connectivity index (χ0) is 14.7. The Morgan fingerprint density at radius 2 is 2.20 bits per heavy atom. The lowest BCUT2D eigenvalue weighted by Crippen LogP contribution is -2.42. The molecule has 0 aliphatic carbocycles. The highest BCUT2D eigenvalue weighted by Crippen LogP contribution is 2.20. The third kappa shape index (κ3) is 3.94. The van der Waals surface area contributed by atoms with Gasteiger partial charge in [0, 0.05) is 35.8 Å². The van der Waals surface area contributed by atoms with E-state index in [9.17, 15) is 4.39 Å². The Hall–Kier alpha value is -0.640. The molecule has 0 aromatic heterocycles. The van der Waals surface area contributed by atoms with Gasteiger partial charge in [0.25, 0.3) is 0 Å². The van der Waals surface area contributed by atoms with E-state index in [0.29, 0.717) is 29.6 Å². The minimum Gasteiger partial charge on any atom is -0.312 e. The van der Waals surface area contributed by atoms with E-state index in [-0.39, 0.29) is 5.82 Å². The molecule has 2 nitrogen and oxygen atoms in total. The number of hydrogen-bond acceptors (Lipinski definition) is 2. The fourth-order valence-electron chi connectivity index (χ4n) is 2.69. The first-order valence-electron chi connectivity index (χ1n) is 7.38. The molecular formula is C16H24ClFN2. The van der Waals surface area contributed by atoms with E-state index < -0.39 is 0 Å². The summed E-state index contributed by atoms with van der Waals surface area (Å²) in [6.07, 6.45) is 1.10. The predicted octanol–water partition coefficient (Wildman–Crippen LogP) is 3.69. The molecule has 1 aliphatic heterocycles. The van der Waals surface area contributed by atoms with Crippen LogP contribution in [0.25, 0.3) is 0 Å². The summed E-state index contributed by atoms with van der Waals surface area (Å²) in [7, 11) is 0. The smallest absolute Gasteiger partial charge is 0.129 e. The second-order valence-electron chi connectivity index (χ2n) is 6.11. The highest BCUT2D eigenvalue weighted by Gasteiger charge is 2.25. The van der Waals surface area contributed by atoms with Gasteiger partial charge in [0.05, 0.1) is 0 Å². The van der Waals surface area contributed by atoms with E-state index in [1.54, 1.807) is 12.1 Å². The molecule has 1 aromatic rings. The highest BCUT2D eigenvalue weighted by atomic mass is 35.5. The van der Waals surface area contributed by atoms with Crippen LogP contribution < -0.4 is 5.32 Å². The van der Waals surface area contributed by atoms with Gasteiger partial charge in [-0.2, -0.15) is 0 Å². The van der Waals surface area contributed by atoms with E-state index >= 15 is 0 Å². The van der Waals surface area contributed by atoms with Gasteiger partial charge in [0.1, 0.15) is 5.82 Å². The zero-order valence-corrected chi connectivity index (χ0v) is 13.3. The molecule has 2 unspecified atom stereocenters. The van der Waals surface area contributed by atoms with Crippen LogP contribution in [0.15, 0.2) is 18.2 Å². The molecule has 0 spiro atoms. The Morgan fingerprint density at radius 1 is 1.45 bits per heavy atom. The second kappa shape index (κ2) is 6.88. The monoisotopic (exact) mass is 298 g/mol. The number of hydrogen-bond donors (Lipinski definition) is 1. The van der Waals surface area contributed by atoms with Crippen molar-refractivity contribution >= 4 is 11.6 Å². The van der Waals surface area contributed by atoms with Crippen molar-refractivity contribution in [3.63, 3.8) is 0 Å². The van der Waals surface area contributed by atoms with Gasteiger partial charge in [-0.15, -0.1) is 0 Å². The van der Waals surface area contributed by atoms with Crippen LogP contribution in [0.1, 0.15) is 32.8 Å². The quantitative estimate of drug-likeness (QED) is 0.915. The van der Waals surface area contributed by atoms with Gasteiger partial charge in [-0.05, 0) is 37.9 Å². The van der Waals surface area contributed by atoms with Gasteiger partial charge in [0.15, 0.2) is 0 Å². The van der Waals surface area contributed by atoms with Crippen LogP contribution in [-0.2, 0) is 6.54 Å². The van der Waals surface area contributed by atoms with Gasteiger partial charge in [-0.1, -0.05) is 31.5 Å². The SMILES string of the molecule is CC(C)C1CN(Cc2ccc(Cl)cc2F)C(C)CCN1. The maximum absolute atomic E-state index is 14.0. The van der Waals surface area contributed by atoms with E-state index in [1.807, 2.05) is 0 Å². The van der Waals surface area contributed by atoms with Crippen LogP contribution in [0, 0.1) is 11.7 Å². The summed E-state index contributed by atoms with van der Waals surface area (Å²) in [5.41, 5.74) is 0.727. The first-order chi connectivity index (χ1) is 9.47. The molecule has 2 atom stereocenters. The molecule has 112 valence electrons. The number of halogens is 2. The Balaban J connectivity index is 2.12. The Labute approximate surface area is 126 Å². The summed E-state index contributed by atoms with van der Waals surface area (Å²) in [5.74, 6) is 0.376. The molecule has 0 bridgehead atoms. The van der Waals surface area contributed by atoms with Crippen molar-refractivity contribution in [1.82, 2.24) is 10.2 Å². The average Bonchev–Trinajstić information content (AvgIpc) is 2.55. The molecular weight excluding hydrogens is 275 g/mol. The topological polar surface area (TPSA) is 15.3 Å². The number of nitrogens with one attached hydrogen (secondary N) is 1. The molecule has 4 heteroatoms. The lowest BCUT2D eigenvalue weighted by molar-refractivity contribution is 0.182. The van der Waals surface area contributed by atoms with Gasteiger partial charge in [-0.25, -0.2) is 4.39 Å². The zero-order valence-electron chi connectivity index (χ0n) is 12.5. The minimum absolute atomic E-state index is 0.206. The predicted molar refractivity (Wildman–Crippen MR) is 82.5 cm³/mol. The van der Waals surface area contributed by atoms with Gasteiger partial charge < -0.3 is 5.32 Å². The Bertz CT molecular complexity index is 450. The summed E-state index contributed by atoms with van der Waals surface area (Å²) in [6.45, 7) is 9.32. The van der Waals surface area contributed by atoms with Crippen molar-refractivity contribution in [2.24, 2.45) is 5.92 Å². The van der Waals surface area contributed by atoms with Crippen molar-refractivity contribution in [3.05, 3.63) is 34.6 Å². The van der Waals surface area contributed by atoms with Crippen molar-refractivity contribution < 1.29 is 4.39 Å². The molecule has 1 aromatic carbocycles. The average molecular weight is 299 g/mol. The van der Waals surface area contributed by atoms with Crippen molar-refractivity contribution in [2.75, 3.05) is 13.1 Å². The van der Waals surface area contributed by atoms with Crippen LogP contribution in [0.4, 0.5) is 4.39 Å². The molecule has 2 rings (SSSR count). The van der Waals surface area contributed by atoms with Crippen LogP contribution >= 0.6 is 11.6 Å². The fourth-order valence-corrected chi connectivity index (χ4v) is 2.85. The van der Waals surface area contributed by atoms with E-state index in [4.69, 9.17) is 11.6 Å². The fraction of sp³-hybridized carbons (Fsp3) is 0.625. The second-order valence-corrected chi connectivity index (χ2v) is 6.54. The lowest BCUT2D eigenvalue weighted by atomic mass is 10.0. The summed E-state index contributed by atoms with van der Waals surface area (Å²) in [5, 5.41) is 4.05.